The number of rotatable bonds is 9. The van der Waals surface area contributed by atoms with Gasteiger partial charge in [0.25, 0.3) is 0 Å². The zero-order chi connectivity index (χ0) is 22.9. The van der Waals surface area contributed by atoms with E-state index in [9.17, 15) is 9.59 Å². The molecule has 33 heavy (non-hydrogen) atoms. The molecule has 2 heterocycles. The second-order valence-corrected chi connectivity index (χ2v) is 8.80. The zero-order valence-corrected chi connectivity index (χ0v) is 19.3. The molecule has 1 aliphatic heterocycles. The third kappa shape index (κ3) is 6.44. The van der Waals surface area contributed by atoms with Gasteiger partial charge >= 0.3 is 0 Å². The summed E-state index contributed by atoms with van der Waals surface area (Å²) < 4.78 is 2.15. The van der Waals surface area contributed by atoms with E-state index in [1.54, 1.807) is 0 Å². The Morgan fingerprint density at radius 1 is 0.848 bits per heavy atom. The molecular formula is C27H34N4O2. The summed E-state index contributed by atoms with van der Waals surface area (Å²) >= 11 is 0. The first-order chi connectivity index (χ1) is 16.2. The second kappa shape index (κ2) is 11.6. The Morgan fingerprint density at radius 3 is 2.36 bits per heavy atom. The predicted octanol–water partition coefficient (Wildman–Crippen LogP) is 4.12. The molecule has 1 saturated heterocycles. The van der Waals surface area contributed by atoms with E-state index < -0.39 is 0 Å². The first-order valence-corrected chi connectivity index (χ1v) is 12.2. The average Bonchev–Trinajstić information content (AvgIpc) is 2.99. The molecule has 0 spiro atoms. The molecule has 2 amide bonds. The third-order valence-electron chi connectivity index (χ3n) is 6.40. The molecule has 1 fully saturated rings. The minimum atomic E-state index is 0.0536. The summed E-state index contributed by atoms with van der Waals surface area (Å²) in [7, 11) is 0. The number of nitrogens with one attached hydrogen (secondary N) is 1. The lowest BCUT2D eigenvalue weighted by Crippen LogP contribution is -2.32. The molecule has 2 aromatic carbocycles. The minimum Gasteiger partial charge on any atom is -0.356 e. The lowest BCUT2D eigenvalue weighted by Gasteiger charge is -2.20. The Balaban J connectivity index is 1.33. The lowest BCUT2D eigenvalue weighted by molar-refractivity contribution is -0.131. The summed E-state index contributed by atoms with van der Waals surface area (Å²) in [5.74, 6) is 1.20. The van der Waals surface area contributed by atoms with Crippen molar-refractivity contribution in [2.45, 2.75) is 57.9 Å². The van der Waals surface area contributed by atoms with Crippen LogP contribution in [0.1, 0.15) is 49.9 Å². The van der Waals surface area contributed by atoms with Crippen LogP contribution in [0, 0.1) is 0 Å². The summed E-state index contributed by atoms with van der Waals surface area (Å²) in [5, 5.41) is 3.03. The summed E-state index contributed by atoms with van der Waals surface area (Å²) in [6.07, 6.45) is 6.99. The quantitative estimate of drug-likeness (QED) is 0.538. The molecule has 0 radical (unpaired) electrons. The number of aromatic nitrogens is 2. The fourth-order valence-electron chi connectivity index (χ4n) is 4.56. The minimum absolute atomic E-state index is 0.0536. The van der Waals surface area contributed by atoms with Crippen LogP contribution in [0.3, 0.4) is 0 Å². The van der Waals surface area contributed by atoms with Crippen LogP contribution in [0.15, 0.2) is 54.6 Å². The van der Waals surface area contributed by atoms with Crippen LogP contribution in [0.2, 0.25) is 0 Å². The molecule has 0 bridgehead atoms. The highest BCUT2D eigenvalue weighted by Gasteiger charge is 2.17. The van der Waals surface area contributed by atoms with Crippen molar-refractivity contribution >= 4 is 22.8 Å². The molecule has 3 aromatic rings. The Bertz CT molecular complexity index is 1050. The van der Waals surface area contributed by atoms with Crippen molar-refractivity contribution in [2.75, 3.05) is 19.6 Å². The predicted molar refractivity (Wildman–Crippen MR) is 131 cm³/mol. The van der Waals surface area contributed by atoms with Crippen LogP contribution in [0.4, 0.5) is 0 Å². The van der Waals surface area contributed by atoms with Gasteiger partial charge in [-0.25, -0.2) is 4.98 Å². The van der Waals surface area contributed by atoms with E-state index >= 15 is 0 Å². The molecule has 1 aliphatic rings. The number of hydrogen-bond acceptors (Lipinski definition) is 3. The first-order valence-electron chi connectivity index (χ1n) is 12.2. The van der Waals surface area contributed by atoms with Crippen LogP contribution in [-0.2, 0) is 29.0 Å². The number of fused-ring (bicyclic) bond motifs is 1. The highest BCUT2D eigenvalue weighted by molar-refractivity contribution is 5.78. The van der Waals surface area contributed by atoms with Gasteiger partial charge in [0.2, 0.25) is 11.8 Å². The molecule has 6 heteroatoms. The number of para-hydroxylation sites is 2. The number of likely N-dealkylation sites (tertiary alicyclic amines) is 1. The summed E-state index contributed by atoms with van der Waals surface area (Å²) in [6, 6.07) is 18.1. The molecule has 1 N–H and O–H groups in total. The van der Waals surface area contributed by atoms with Crippen molar-refractivity contribution in [2.24, 2.45) is 0 Å². The van der Waals surface area contributed by atoms with Crippen LogP contribution in [-0.4, -0.2) is 45.9 Å². The molecule has 0 atom stereocenters. The SMILES string of the molecule is O=C(CCc1ccccc1)NCCc1nc2ccccc2n1CCC(=O)N1CCCCCC1. The first kappa shape index (κ1) is 23.0. The number of aryl methyl sites for hydroxylation is 2. The standard InChI is InChI=1S/C27H34N4O2/c32-26(15-14-22-10-4-3-5-11-22)28-18-16-25-29-23-12-6-7-13-24(23)31(25)21-17-27(33)30-19-8-1-2-9-20-30/h3-7,10-13H,1-2,8-9,14-21H2,(H,28,32). The van der Waals surface area contributed by atoms with Gasteiger partial charge in [-0.1, -0.05) is 55.3 Å². The van der Waals surface area contributed by atoms with Crippen LogP contribution >= 0.6 is 0 Å². The Morgan fingerprint density at radius 2 is 1.58 bits per heavy atom. The van der Waals surface area contributed by atoms with Gasteiger partial charge in [-0.05, 0) is 37.0 Å². The van der Waals surface area contributed by atoms with Crippen LogP contribution < -0.4 is 5.32 Å². The van der Waals surface area contributed by atoms with Crippen molar-refractivity contribution in [3.8, 4) is 0 Å². The normalized spacial score (nSPS) is 14.2. The topological polar surface area (TPSA) is 67.2 Å². The van der Waals surface area contributed by atoms with Crippen molar-refractivity contribution < 1.29 is 9.59 Å². The number of hydrogen-bond donors (Lipinski definition) is 1. The molecule has 174 valence electrons. The lowest BCUT2D eigenvalue weighted by atomic mass is 10.1. The molecule has 0 aliphatic carbocycles. The zero-order valence-electron chi connectivity index (χ0n) is 19.3. The van der Waals surface area contributed by atoms with E-state index in [4.69, 9.17) is 4.98 Å². The molecule has 6 nitrogen and oxygen atoms in total. The third-order valence-corrected chi connectivity index (χ3v) is 6.40. The van der Waals surface area contributed by atoms with Crippen molar-refractivity contribution in [3.05, 3.63) is 66.0 Å². The molecule has 1 aromatic heterocycles. The number of amides is 2. The van der Waals surface area contributed by atoms with E-state index in [1.807, 2.05) is 53.4 Å². The largest absolute Gasteiger partial charge is 0.356 e. The maximum atomic E-state index is 12.8. The van der Waals surface area contributed by atoms with Gasteiger partial charge in [0, 0.05) is 45.4 Å². The van der Waals surface area contributed by atoms with E-state index in [1.165, 1.54) is 18.4 Å². The van der Waals surface area contributed by atoms with Gasteiger partial charge in [-0.2, -0.15) is 0 Å². The van der Waals surface area contributed by atoms with E-state index in [0.717, 1.165) is 49.2 Å². The van der Waals surface area contributed by atoms with Gasteiger partial charge in [-0.15, -0.1) is 0 Å². The van der Waals surface area contributed by atoms with Gasteiger partial charge in [0.15, 0.2) is 0 Å². The highest BCUT2D eigenvalue weighted by Crippen LogP contribution is 2.18. The number of imidazole rings is 1. The number of carbonyl (C=O) groups is 2. The fourth-order valence-corrected chi connectivity index (χ4v) is 4.56. The summed E-state index contributed by atoms with van der Waals surface area (Å²) in [6.45, 7) is 2.92. The Labute approximate surface area is 196 Å². The van der Waals surface area contributed by atoms with Crippen molar-refractivity contribution in [3.63, 3.8) is 0 Å². The monoisotopic (exact) mass is 446 g/mol. The van der Waals surface area contributed by atoms with Crippen LogP contribution in [0.5, 0.6) is 0 Å². The summed E-state index contributed by atoms with van der Waals surface area (Å²) in [4.78, 5) is 31.9. The van der Waals surface area contributed by atoms with Gasteiger partial charge in [0.05, 0.1) is 11.0 Å². The highest BCUT2D eigenvalue weighted by atomic mass is 16.2. The molecular weight excluding hydrogens is 412 g/mol. The number of carbonyl (C=O) groups excluding carboxylic acids is 2. The smallest absolute Gasteiger partial charge is 0.224 e. The Hall–Kier alpha value is -3.15. The maximum Gasteiger partial charge on any atom is 0.224 e. The van der Waals surface area contributed by atoms with Gasteiger partial charge in [-0.3, -0.25) is 9.59 Å². The molecule has 0 unspecified atom stereocenters. The van der Waals surface area contributed by atoms with Crippen LogP contribution in [0.25, 0.3) is 11.0 Å². The van der Waals surface area contributed by atoms with Gasteiger partial charge < -0.3 is 14.8 Å². The average molecular weight is 447 g/mol. The van der Waals surface area contributed by atoms with Crippen molar-refractivity contribution in [1.82, 2.24) is 19.8 Å². The van der Waals surface area contributed by atoms with Crippen molar-refractivity contribution in [1.29, 1.82) is 0 Å². The number of benzene rings is 2. The van der Waals surface area contributed by atoms with E-state index in [2.05, 4.69) is 16.0 Å². The fraction of sp³-hybridized carbons (Fsp3) is 0.444. The summed E-state index contributed by atoms with van der Waals surface area (Å²) in [5.41, 5.74) is 3.15. The van der Waals surface area contributed by atoms with Gasteiger partial charge in [0.1, 0.15) is 5.82 Å². The second-order valence-electron chi connectivity index (χ2n) is 8.80. The molecule has 0 saturated carbocycles. The Kier molecular flexibility index (Phi) is 8.12. The number of nitrogens with zero attached hydrogens (tertiary/aromatic N) is 3. The van der Waals surface area contributed by atoms with E-state index in [-0.39, 0.29) is 11.8 Å². The molecule has 4 rings (SSSR count). The van der Waals surface area contributed by atoms with E-state index in [0.29, 0.717) is 32.4 Å². The maximum absolute atomic E-state index is 12.8.